The van der Waals surface area contributed by atoms with Crippen molar-refractivity contribution in [3.05, 3.63) is 0 Å². The molecule has 0 N–H and O–H groups in total. The molecule has 0 saturated heterocycles. The van der Waals surface area contributed by atoms with E-state index >= 15 is 0 Å². The van der Waals surface area contributed by atoms with Crippen molar-refractivity contribution in [2.45, 2.75) is 0 Å². The third-order valence-corrected chi connectivity index (χ3v) is 0. The van der Waals surface area contributed by atoms with Crippen LogP contribution in [0.3, 0.4) is 0 Å². The van der Waals surface area contributed by atoms with Crippen LogP contribution in [-0.2, 0) is 31.5 Å². The predicted molar refractivity (Wildman–Crippen MR) is 32.4 cm³/mol. The first-order chi connectivity index (χ1) is 6.00. The van der Waals surface area contributed by atoms with Crippen LogP contribution in [-0.4, -0.2) is 38.9 Å². The summed E-state index contributed by atoms with van der Waals surface area (Å²) in [4.78, 5) is 0. The quantitative estimate of drug-likeness (QED) is 0.298. The molecule has 0 aliphatic heterocycles. The summed E-state index contributed by atoms with van der Waals surface area (Å²) < 4.78 is 106. The van der Waals surface area contributed by atoms with Crippen LogP contribution in [0.2, 0.25) is 0 Å². The Kier molecular flexibility index (Phi) is 15.6. The van der Waals surface area contributed by atoms with Crippen LogP contribution in [0.1, 0.15) is 0 Å². The molecule has 0 aliphatic rings. The fraction of sp³-hybridized carbons (Fsp3) is 0. The second-order valence-electron chi connectivity index (χ2n) is 1.18. The van der Waals surface area contributed by atoms with Crippen molar-refractivity contribution in [3.63, 3.8) is 0 Å². The molecular formula is ErF3O9S3. The SMILES string of the molecule is O=S(=O)([O-])F.O=S(=O)([O-])F.O=S(=O)([O-])F.[Er+3]. The van der Waals surface area contributed by atoms with Gasteiger partial charge in [-0.2, -0.15) is 0 Å². The van der Waals surface area contributed by atoms with Crippen LogP contribution in [0.5, 0.6) is 0 Å². The van der Waals surface area contributed by atoms with E-state index in [1.807, 2.05) is 0 Å². The Hall–Kier alpha value is 0.767. The standard InChI is InChI=1S/Er.3FHO3S/c;3*1-5(2,3)4/h;3*(H,2,3,4)/q+3;;;/p-3. The third-order valence-electron chi connectivity index (χ3n) is 0. The first-order valence-electron chi connectivity index (χ1n) is 1.96. The molecule has 16 heteroatoms. The molecule has 16 heavy (non-hydrogen) atoms. The molecule has 0 aliphatic carbocycles. The number of hydrogen-bond donors (Lipinski definition) is 0. The Morgan fingerprint density at radius 3 is 0.562 bits per heavy atom. The van der Waals surface area contributed by atoms with Gasteiger partial charge in [-0.15, -0.1) is 11.7 Å². The van der Waals surface area contributed by atoms with Crippen LogP contribution in [0.15, 0.2) is 0 Å². The summed E-state index contributed by atoms with van der Waals surface area (Å²) in [7, 11) is -16.2. The molecular weight excluding hydrogens is 464 g/mol. The molecule has 0 saturated carbocycles. The van der Waals surface area contributed by atoms with E-state index in [0.29, 0.717) is 0 Å². The average molecular weight is 464 g/mol. The van der Waals surface area contributed by atoms with E-state index in [1.54, 1.807) is 0 Å². The molecule has 0 spiro atoms. The van der Waals surface area contributed by atoms with E-state index < -0.39 is 31.5 Å². The first kappa shape index (κ1) is 25.6. The summed E-state index contributed by atoms with van der Waals surface area (Å²) in [6.07, 6.45) is 0. The van der Waals surface area contributed by atoms with Crippen LogP contribution in [0.4, 0.5) is 11.7 Å². The Morgan fingerprint density at radius 2 is 0.562 bits per heavy atom. The minimum atomic E-state index is -5.42. The molecule has 0 unspecified atom stereocenters. The predicted octanol–water partition coefficient (Wildman–Crippen LogP) is -1.75. The first-order valence-corrected chi connectivity index (χ1v) is 5.89. The molecule has 0 atom stereocenters. The zero-order chi connectivity index (χ0) is 13.5. The van der Waals surface area contributed by atoms with Gasteiger partial charge < -0.3 is 13.7 Å². The van der Waals surface area contributed by atoms with Gasteiger partial charge in [0, 0.05) is 0 Å². The molecule has 0 aromatic rings. The van der Waals surface area contributed by atoms with Gasteiger partial charge in [0.05, 0.1) is 0 Å². The average Bonchev–Trinajstić information content (AvgIpc) is 1.41. The summed E-state index contributed by atoms with van der Waals surface area (Å²) in [5, 5.41) is 0. The van der Waals surface area contributed by atoms with Crippen LogP contribution < -0.4 is 0 Å². The molecule has 0 fully saturated rings. The molecule has 0 aromatic carbocycles. The summed E-state index contributed by atoms with van der Waals surface area (Å²) in [5.74, 6) is 0. The maximum atomic E-state index is 10.1. The van der Waals surface area contributed by atoms with Crippen LogP contribution in [0.25, 0.3) is 0 Å². The summed E-state index contributed by atoms with van der Waals surface area (Å²) >= 11 is 0. The van der Waals surface area contributed by atoms with Gasteiger partial charge in [-0.05, 0) is 0 Å². The molecule has 105 valence electrons. The molecule has 0 aromatic heterocycles. The fourth-order valence-electron chi connectivity index (χ4n) is 0. The van der Waals surface area contributed by atoms with Gasteiger partial charge in [-0.25, -0.2) is 25.3 Å². The Balaban J connectivity index is -0.0000000655. The Bertz CT molecular complexity index is 347. The van der Waals surface area contributed by atoms with Gasteiger partial charge in [0.2, 0.25) is 0 Å². The van der Waals surface area contributed by atoms with Crippen molar-refractivity contribution in [2.75, 3.05) is 0 Å². The number of rotatable bonds is 0. The Labute approximate surface area is 118 Å². The van der Waals surface area contributed by atoms with Gasteiger partial charge in [-0.3, -0.25) is 0 Å². The van der Waals surface area contributed by atoms with Gasteiger partial charge >= 0.3 is 37.3 Å². The number of hydrogen-bond acceptors (Lipinski definition) is 9. The van der Waals surface area contributed by atoms with Crippen LogP contribution in [0, 0.1) is 37.3 Å². The van der Waals surface area contributed by atoms with Crippen molar-refractivity contribution in [2.24, 2.45) is 0 Å². The van der Waals surface area contributed by atoms with Crippen molar-refractivity contribution >= 4 is 31.5 Å². The van der Waals surface area contributed by atoms with E-state index in [4.69, 9.17) is 38.9 Å². The summed E-state index contributed by atoms with van der Waals surface area (Å²) in [6.45, 7) is 0. The zero-order valence-corrected chi connectivity index (χ0v) is 10.6. The van der Waals surface area contributed by atoms with E-state index in [2.05, 4.69) is 0 Å². The molecule has 1 radical (unpaired) electrons. The maximum Gasteiger partial charge on any atom is 3.00 e. The van der Waals surface area contributed by atoms with Gasteiger partial charge in [0.1, 0.15) is 0 Å². The van der Waals surface area contributed by atoms with Gasteiger partial charge in [0.25, 0.3) is 31.5 Å². The monoisotopic (exact) mass is 463 g/mol. The molecule has 0 heterocycles. The molecule has 9 nitrogen and oxygen atoms in total. The maximum absolute atomic E-state index is 10.1. The van der Waals surface area contributed by atoms with Crippen molar-refractivity contribution < 1.29 is 87.9 Å². The Morgan fingerprint density at radius 1 is 0.562 bits per heavy atom. The van der Waals surface area contributed by atoms with E-state index in [9.17, 15) is 11.7 Å². The van der Waals surface area contributed by atoms with Crippen molar-refractivity contribution in [3.8, 4) is 0 Å². The van der Waals surface area contributed by atoms with E-state index in [0.717, 1.165) is 0 Å². The van der Waals surface area contributed by atoms with Crippen molar-refractivity contribution in [1.82, 2.24) is 0 Å². The smallest absolute Gasteiger partial charge is 0.722 e. The molecule has 0 bridgehead atoms. The summed E-state index contributed by atoms with van der Waals surface area (Å²) in [5.41, 5.74) is 0. The van der Waals surface area contributed by atoms with Crippen LogP contribution >= 0.6 is 0 Å². The fourth-order valence-corrected chi connectivity index (χ4v) is 0. The second kappa shape index (κ2) is 9.76. The molecule has 0 rings (SSSR count). The van der Waals surface area contributed by atoms with E-state index in [-0.39, 0.29) is 37.3 Å². The normalized spacial score (nSPS) is 10.9. The minimum Gasteiger partial charge on any atom is -0.722 e. The minimum absolute atomic E-state index is 0. The third kappa shape index (κ3) is 4760. The zero-order valence-electron chi connectivity index (χ0n) is 6.32. The molecule has 0 amide bonds. The van der Waals surface area contributed by atoms with E-state index in [1.165, 1.54) is 0 Å². The number of halogens is 3. The van der Waals surface area contributed by atoms with Crippen molar-refractivity contribution in [1.29, 1.82) is 0 Å². The largest absolute Gasteiger partial charge is 3.00 e. The summed E-state index contributed by atoms with van der Waals surface area (Å²) in [6, 6.07) is 0. The topological polar surface area (TPSA) is 172 Å². The second-order valence-corrected chi connectivity index (χ2v) is 3.54. The van der Waals surface area contributed by atoms with Gasteiger partial charge in [-0.1, -0.05) is 0 Å². The van der Waals surface area contributed by atoms with Gasteiger partial charge in [0.15, 0.2) is 0 Å².